The topological polar surface area (TPSA) is 115 Å². The highest BCUT2D eigenvalue weighted by Crippen LogP contribution is 2.32. The fourth-order valence-corrected chi connectivity index (χ4v) is 3.88. The number of ether oxygens (including phenoxy) is 3. The maximum Gasteiger partial charge on any atom is 0.347 e. The van der Waals surface area contributed by atoms with Crippen molar-refractivity contribution in [1.29, 1.82) is 0 Å². The van der Waals surface area contributed by atoms with Gasteiger partial charge in [0.1, 0.15) is 18.0 Å². The molecule has 0 bridgehead atoms. The summed E-state index contributed by atoms with van der Waals surface area (Å²) in [5.41, 5.74) is 3.68. The predicted octanol–water partition coefficient (Wildman–Crippen LogP) is 4.67. The Morgan fingerprint density at radius 3 is 2.78 bits per heavy atom. The lowest BCUT2D eigenvalue weighted by atomic mass is 10.1. The third-order valence-electron chi connectivity index (χ3n) is 5.74. The minimum absolute atomic E-state index is 0.00487. The summed E-state index contributed by atoms with van der Waals surface area (Å²) in [5.74, 6) is -0.619. The van der Waals surface area contributed by atoms with Crippen LogP contribution in [0.1, 0.15) is 23.6 Å². The van der Waals surface area contributed by atoms with E-state index in [4.69, 9.17) is 14.2 Å². The second-order valence-corrected chi connectivity index (χ2v) is 8.25. The number of allylic oxidation sites excluding steroid dienone is 1. The van der Waals surface area contributed by atoms with Crippen molar-refractivity contribution in [3.8, 4) is 5.75 Å². The van der Waals surface area contributed by atoms with Crippen molar-refractivity contribution < 1.29 is 23.8 Å². The van der Waals surface area contributed by atoms with E-state index in [2.05, 4.69) is 20.3 Å². The van der Waals surface area contributed by atoms with Gasteiger partial charge in [-0.1, -0.05) is 0 Å². The highest BCUT2D eigenvalue weighted by molar-refractivity contribution is 6.26. The first-order valence-corrected chi connectivity index (χ1v) is 11.7. The van der Waals surface area contributed by atoms with Crippen LogP contribution in [0.5, 0.6) is 5.75 Å². The van der Waals surface area contributed by atoms with Crippen molar-refractivity contribution in [2.45, 2.75) is 20.5 Å². The van der Waals surface area contributed by atoms with Crippen LogP contribution >= 0.6 is 0 Å². The molecule has 3 aromatic heterocycles. The molecule has 0 saturated carbocycles. The van der Waals surface area contributed by atoms with Crippen LogP contribution < -0.4 is 10.1 Å². The van der Waals surface area contributed by atoms with E-state index in [1.165, 1.54) is 0 Å². The van der Waals surface area contributed by atoms with Crippen LogP contribution in [-0.4, -0.2) is 33.3 Å². The maximum absolute atomic E-state index is 13.2. The molecule has 9 heteroatoms. The Morgan fingerprint density at radius 1 is 1.16 bits per heavy atom. The summed E-state index contributed by atoms with van der Waals surface area (Å²) in [5, 5.41) is 3.91. The number of nitrogens with zero attached hydrogens (tertiary/aromatic N) is 2. The summed E-state index contributed by atoms with van der Waals surface area (Å²) >= 11 is 0. The number of hydrogen-bond acceptors (Lipinski definition) is 8. The Bertz CT molecular complexity index is 1540. The molecule has 0 atom stereocenters. The number of hydrogen-bond donors (Lipinski definition) is 2. The van der Waals surface area contributed by atoms with Gasteiger partial charge in [0.2, 0.25) is 11.7 Å². The average Bonchev–Trinajstić information content (AvgIpc) is 3.45. The standard InChI is InChI=1S/C28H24N4O5/c1-3-35-28(34)24-25(33)23(14-19-15-31-26-21(19)5-4-10-30-26)37-27(24)32-22-7-6-20(13-17(22)2)36-16-18-8-11-29-12-9-18/h4-15,32H,3,16H2,1-2H3,(H,30,31)/b23-14-. The fourth-order valence-electron chi connectivity index (χ4n) is 3.88. The van der Waals surface area contributed by atoms with E-state index in [0.717, 1.165) is 16.5 Å². The zero-order valence-electron chi connectivity index (χ0n) is 20.3. The molecule has 0 saturated heterocycles. The molecule has 0 spiro atoms. The Balaban J connectivity index is 1.39. The third kappa shape index (κ3) is 5.06. The molecule has 4 heterocycles. The van der Waals surface area contributed by atoms with E-state index in [0.29, 0.717) is 29.3 Å². The van der Waals surface area contributed by atoms with E-state index in [-0.39, 0.29) is 23.8 Å². The van der Waals surface area contributed by atoms with E-state index >= 15 is 0 Å². The first-order chi connectivity index (χ1) is 18.0. The summed E-state index contributed by atoms with van der Waals surface area (Å²) in [6, 6.07) is 12.9. The first kappa shape index (κ1) is 23.8. The largest absolute Gasteiger partial charge is 0.489 e. The number of benzene rings is 1. The van der Waals surface area contributed by atoms with Gasteiger partial charge in [0.25, 0.3) is 0 Å². The van der Waals surface area contributed by atoms with Crippen LogP contribution in [0.2, 0.25) is 0 Å². The van der Waals surface area contributed by atoms with Gasteiger partial charge in [0.15, 0.2) is 11.3 Å². The van der Waals surface area contributed by atoms with Crippen LogP contribution in [0.3, 0.4) is 0 Å². The Labute approximate surface area is 212 Å². The quantitative estimate of drug-likeness (QED) is 0.205. The number of ketones is 1. The van der Waals surface area contributed by atoms with Gasteiger partial charge in [-0.2, -0.15) is 0 Å². The van der Waals surface area contributed by atoms with Gasteiger partial charge in [0.05, 0.1) is 6.61 Å². The number of carbonyl (C=O) groups is 2. The molecule has 2 N–H and O–H groups in total. The summed E-state index contributed by atoms with van der Waals surface area (Å²) in [6.07, 6.45) is 8.41. The average molecular weight is 497 g/mol. The number of esters is 1. The summed E-state index contributed by atoms with van der Waals surface area (Å²) in [4.78, 5) is 37.2. The van der Waals surface area contributed by atoms with Crippen LogP contribution in [0.4, 0.5) is 5.69 Å². The number of carbonyl (C=O) groups excluding carboxylic acids is 2. The zero-order valence-corrected chi connectivity index (χ0v) is 20.3. The van der Waals surface area contributed by atoms with E-state index < -0.39 is 11.8 Å². The number of anilines is 1. The van der Waals surface area contributed by atoms with Gasteiger partial charge >= 0.3 is 5.97 Å². The molecule has 1 aliphatic heterocycles. The molecular formula is C28H24N4O5. The van der Waals surface area contributed by atoms with Crippen molar-refractivity contribution in [2.75, 3.05) is 11.9 Å². The Hall–Kier alpha value is -4.92. The van der Waals surface area contributed by atoms with Crippen molar-refractivity contribution in [1.82, 2.24) is 15.0 Å². The van der Waals surface area contributed by atoms with Crippen LogP contribution in [0.25, 0.3) is 17.1 Å². The molecule has 0 amide bonds. The first-order valence-electron chi connectivity index (χ1n) is 11.7. The number of H-pyrrole nitrogens is 1. The molecule has 0 aliphatic carbocycles. The van der Waals surface area contributed by atoms with Gasteiger partial charge in [-0.3, -0.25) is 9.78 Å². The predicted molar refractivity (Wildman–Crippen MR) is 137 cm³/mol. The lowest BCUT2D eigenvalue weighted by Gasteiger charge is -2.13. The second kappa shape index (κ2) is 10.4. The number of aryl methyl sites for hydroxylation is 1. The summed E-state index contributed by atoms with van der Waals surface area (Å²) < 4.78 is 16.9. The van der Waals surface area contributed by atoms with E-state index in [1.807, 2.05) is 31.2 Å². The third-order valence-corrected chi connectivity index (χ3v) is 5.74. The van der Waals surface area contributed by atoms with Gasteiger partial charge < -0.3 is 24.5 Å². The molecule has 9 nitrogen and oxygen atoms in total. The molecule has 1 aromatic carbocycles. The molecule has 0 radical (unpaired) electrons. The van der Waals surface area contributed by atoms with E-state index in [1.54, 1.807) is 56.0 Å². The molecule has 1 aliphatic rings. The second-order valence-electron chi connectivity index (χ2n) is 8.25. The fraction of sp³-hybridized carbons (Fsp3) is 0.143. The number of aromatic nitrogens is 3. The highest BCUT2D eigenvalue weighted by Gasteiger charge is 2.37. The molecule has 0 unspecified atom stereocenters. The highest BCUT2D eigenvalue weighted by atomic mass is 16.5. The number of rotatable bonds is 8. The molecular weight excluding hydrogens is 472 g/mol. The summed E-state index contributed by atoms with van der Waals surface area (Å²) in [6.45, 7) is 4.09. The lowest BCUT2D eigenvalue weighted by Crippen LogP contribution is -2.16. The monoisotopic (exact) mass is 496 g/mol. The summed E-state index contributed by atoms with van der Waals surface area (Å²) in [7, 11) is 0. The molecule has 5 rings (SSSR count). The van der Waals surface area contributed by atoms with Crippen LogP contribution in [0.15, 0.2) is 84.5 Å². The van der Waals surface area contributed by atoms with Crippen LogP contribution in [-0.2, 0) is 25.7 Å². The van der Waals surface area contributed by atoms with Gasteiger partial charge in [-0.05, 0) is 73.5 Å². The van der Waals surface area contributed by atoms with Gasteiger partial charge in [-0.15, -0.1) is 0 Å². The maximum atomic E-state index is 13.2. The number of aromatic amines is 1. The van der Waals surface area contributed by atoms with Crippen LogP contribution in [0, 0.1) is 6.92 Å². The van der Waals surface area contributed by atoms with Crippen molar-refractivity contribution >= 4 is 34.5 Å². The van der Waals surface area contributed by atoms with Gasteiger partial charge in [-0.25, -0.2) is 9.78 Å². The SMILES string of the molecule is CCOC(=O)C1=C(Nc2ccc(OCc3ccncc3)cc2C)O/C(=C\c2c[nH]c3ncccc23)C1=O. The molecule has 4 aromatic rings. The Morgan fingerprint density at radius 2 is 2.00 bits per heavy atom. The molecule has 37 heavy (non-hydrogen) atoms. The van der Waals surface area contributed by atoms with Crippen molar-refractivity contribution in [3.05, 3.63) is 101 Å². The molecule has 186 valence electrons. The van der Waals surface area contributed by atoms with Crippen molar-refractivity contribution in [3.63, 3.8) is 0 Å². The molecule has 0 fully saturated rings. The smallest absolute Gasteiger partial charge is 0.347 e. The number of pyridine rings is 2. The van der Waals surface area contributed by atoms with Crippen molar-refractivity contribution in [2.24, 2.45) is 0 Å². The minimum Gasteiger partial charge on any atom is -0.489 e. The number of fused-ring (bicyclic) bond motifs is 1. The number of Topliss-reactive ketones (excluding diaryl/α,β-unsaturated/α-hetero) is 1. The number of nitrogens with one attached hydrogen (secondary N) is 2. The Kier molecular flexibility index (Phi) is 6.67. The van der Waals surface area contributed by atoms with E-state index in [9.17, 15) is 9.59 Å². The zero-order chi connectivity index (χ0) is 25.8. The minimum atomic E-state index is -0.756. The van der Waals surface area contributed by atoms with Gasteiger partial charge in [0, 0.05) is 41.4 Å². The lowest BCUT2D eigenvalue weighted by molar-refractivity contribution is -0.139. The normalized spacial score (nSPS) is 14.2.